The van der Waals surface area contributed by atoms with Gasteiger partial charge in [-0.15, -0.1) is 4.36 Å². The molecule has 1 aliphatic heterocycles. The number of hydrogen-bond acceptors (Lipinski definition) is 3. The van der Waals surface area contributed by atoms with Crippen molar-refractivity contribution < 1.29 is 17.8 Å². The van der Waals surface area contributed by atoms with Gasteiger partial charge >= 0.3 is 6.03 Å². The van der Waals surface area contributed by atoms with E-state index in [9.17, 15) is 17.8 Å². The first-order chi connectivity index (χ1) is 10.7. The molecule has 0 saturated carbocycles. The van der Waals surface area contributed by atoms with Gasteiger partial charge in [-0.3, -0.25) is 0 Å². The standard InChI is InChI=1S/C15H21F2N3O2S/c1-11-6-7-19(14-5-4-12(16)10-13(14)17)8-9-20(11)15(21)18-23(2,3)22/h4-5,10-11H,6-9H2,1-3H3. The molecule has 0 aliphatic carbocycles. The van der Waals surface area contributed by atoms with Gasteiger partial charge in [-0.05, 0) is 25.5 Å². The molecule has 0 spiro atoms. The Morgan fingerprint density at radius 2 is 1.96 bits per heavy atom. The Balaban J connectivity index is 2.17. The number of nitrogens with zero attached hydrogens (tertiary/aromatic N) is 3. The molecule has 1 unspecified atom stereocenters. The molecule has 1 saturated heterocycles. The summed E-state index contributed by atoms with van der Waals surface area (Å²) in [6.45, 7) is 3.17. The Kier molecular flexibility index (Phi) is 5.23. The Morgan fingerprint density at radius 1 is 1.26 bits per heavy atom. The van der Waals surface area contributed by atoms with Gasteiger partial charge in [0.05, 0.1) is 15.4 Å². The van der Waals surface area contributed by atoms with E-state index in [2.05, 4.69) is 4.36 Å². The SMILES string of the molecule is CC1CCN(c2ccc(F)cc2F)CCN1C(=O)N=S(C)(C)=O. The molecule has 1 atom stereocenters. The van der Waals surface area contributed by atoms with Crippen molar-refractivity contribution in [3.63, 3.8) is 0 Å². The highest BCUT2D eigenvalue weighted by atomic mass is 32.2. The highest BCUT2D eigenvalue weighted by Gasteiger charge is 2.26. The van der Waals surface area contributed by atoms with E-state index in [-0.39, 0.29) is 6.04 Å². The Hall–Kier alpha value is -1.70. The number of rotatable bonds is 1. The van der Waals surface area contributed by atoms with Gasteiger partial charge in [-0.2, -0.15) is 0 Å². The van der Waals surface area contributed by atoms with Crippen LogP contribution in [-0.2, 0) is 9.73 Å². The minimum Gasteiger partial charge on any atom is -0.367 e. The first kappa shape index (κ1) is 17.7. The molecule has 2 amide bonds. The van der Waals surface area contributed by atoms with Gasteiger partial charge in [0.1, 0.15) is 11.6 Å². The molecule has 1 aromatic carbocycles. The predicted octanol–water partition coefficient (Wildman–Crippen LogP) is 2.71. The Labute approximate surface area is 135 Å². The lowest BCUT2D eigenvalue weighted by molar-refractivity contribution is 0.193. The Morgan fingerprint density at radius 3 is 2.57 bits per heavy atom. The van der Waals surface area contributed by atoms with Crippen LogP contribution in [0.1, 0.15) is 13.3 Å². The lowest BCUT2D eigenvalue weighted by Crippen LogP contribution is -2.38. The van der Waals surface area contributed by atoms with Crippen LogP contribution in [0.5, 0.6) is 0 Å². The van der Waals surface area contributed by atoms with Gasteiger partial charge in [0.15, 0.2) is 0 Å². The summed E-state index contributed by atoms with van der Waals surface area (Å²) in [5.74, 6) is -1.24. The van der Waals surface area contributed by atoms with Crippen molar-refractivity contribution in [2.75, 3.05) is 37.0 Å². The molecule has 1 aliphatic rings. The molecule has 5 nitrogen and oxygen atoms in total. The summed E-state index contributed by atoms with van der Waals surface area (Å²) in [4.78, 5) is 15.5. The molecule has 0 aromatic heterocycles. The molecule has 1 fully saturated rings. The normalized spacial score (nSPS) is 19.4. The summed E-state index contributed by atoms with van der Waals surface area (Å²) in [6.07, 6.45) is 3.44. The molecule has 23 heavy (non-hydrogen) atoms. The lowest BCUT2D eigenvalue weighted by Gasteiger charge is -2.24. The molecule has 128 valence electrons. The molecule has 0 N–H and O–H groups in total. The summed E-state index contributed by atoms with van der Waals surface area (Å²) < 4.78 is 42.4. The van der Waals surface area contributed by atoms with E-state index < -0.39 is 27.4 Å². The number of halogens is 2. The van der Waals surface area contributed by atoms with Gasteiger partial charge < -0.3 is 9.80 Å². The zero-order chi connectivity index (χ0) is 17.2. The third kappa shape index (κ3) is 4.63. The van der Waals surface area contributed by atoms with Crippen molar-refractivity contribution in [2.24, 2.45) is 4.36 Å². The van der Waals surface area contributed by atoms with Crippen molar-refractivity contribution in [3.8, 4) is 0 Å². The second-order valence-electron chi connectivity index (χ2n) is 5.97. The van der Waals surface area contributed by atoms with E-state index in [1.54, 1.807) is 9.80 Å². The smallest absolute Gasteiger partial charge is 0.352 e. The molecule has 2 rings (SSSR count). The first-order valence-electron chi connectivity index (χ1n) is 7.35. The summed E-state index contributed by atoms with van der Waals surface area (Å²) in [5, 5.41) is 0. The minimum absolute atomic E-state index is 0.0958. The monoisotopic (exact) mass is 345 g/mol. The van der Waals surface area contributed by atoms with Crippen LogP contribution in [0.4, 0.5) is 19.3 Å². The first-order valence-corrected chi connectivity index (χ1v) is 9.68. The van der Waals surface area contributed by atoms with E-state index >= 15 is 0 Å². The van der Waals surface area contributed by atoms with Gasteiger partial charge in [0.2, 0.25) is 0 Å². The fourth-order valence-corrected chi connectivity index (χ4v) is 3.04. The lowest BCUT2D eigenvalue weighted by atomic mass is 10.2. The summed E-state index contributed by atoms with van der Waals surface area (Å²) >= 11 is 0. The largest absolute Gasteiger partial charge is 0.367 e. The third-order valence-electron chi connectivity index (χ3n) is 3.75. The van der Waals surface area contributed by atoms with Crippen molar-refractivity contribution in [1.29, 1.82) is 0 Å². The number of urea groups is 1. The quantitative estimate of drug-likeness (QED) is 0.786. The van der Waals surface area contributed by atoms with Crippen molar-refractivity contribution in [3.05, 3.63) is 29.8 Å². The third-order valence-corrected chi connectivity index (χ3v) is 4.35. The van der Waals surface area contributed by atoms with Crippen LogP contribution in [0.15, 0.2) is 22.6 Å². The van der Waals surface area contributed by atoms with E-state index in [0.717, 1.165) is 6.07 Å². The summed E-state index contributed by atoms with van der Waals surface area (Å²) in [6, 6.07) is 2.87. The van der Waals surface area contributed by atoms with Crippen LogP contribution in [0.25, 0.3) is 0 Å². The molecule has 1 heterocycles. The van der Waals surface area contributed by atoms with Crippen LogP contribution in [-0.4, -0.2) is 53.3 Å². The van der Waals surface area contributed by atoms with Crippen molar-refractivity contribution in [1.82, 2.24) is 4.90 Å². The molecule has 0 bridgehead atoms. The van der Waals surface area contributed by atoms with Crippen LogP contribution in [0.2, 0.25) is 0 Å². The molecule has 0 radical (unpaired) electrons. The zero-order valence-electron chi connectivity index (χ0n) is 13.5. The fraction of sp³-hybridized carbons (Fsp3) is 0.533. The fourth-order valence-electron chi connectivity index (χ4n) is 2.56. The van der Waals surface area contributed by atoms with Crippen molar-refractivity contribution in [2.45, 2.75) is 19.4 Å². The van der Waals surface area contributed by atoms with E-state index in [1.807, 2.05) is 6.92 Å². The number of benzene rings is 1. The number of hydrogen-bond donors (Lipinski definition) is 0. The predicted molar refractivity (Wildman–Crippen MR) is 87.2 cm³/mol. The molecule has 8 heteroatoms. The topological polar surface area (TPSA) is 53.0 Å². The van der Waals surface area contributed by atoms with Gasteiger partial charge in [-0.25, -0.2) is 17.8 Å². The maximum Gasteiger partial charge on any atom is 0.352 e. The molecular formula is C15H21F2N3O2S. The highest BCUT2D eigenvalue weighted by Crippen LogP contribution is 2.23. The van der Waals surface area contributed by atoms with Crippen LogP contribution < -0.4 is 4.90 Å². The van der Waals surface area contributed by atoms with Crippen LogP contribution in [0.3, 0.4) is 0 Å². The number of amides is 2. The summed E-state index contributed by atoms with van der Waals surface area (Å²) in [7, 11) is -2.52. The number of anilines is 1. The maximum absolute atomic E-state index is 13.9. The maximum atomic E-state index is 13.9. The van der Waals surface area contributed by atoms with Crippen molar-refractivity contribution >= 4 is 21.4 Å². The van der Waals surface area contributed by atoms with E-state index in [4.69, 9.17) is 0 Å². The Bertz CT molecular complexity index is 709. The van der Waals surface area contributed by atoms with Crippen LogP contribution >= 0.6 is 0 Å². The molecular weight excluding hydrogens is 324 g/mol. The zero-order valence-corrected chi connectivity index (χ0v) is 14.3. The van der Waals surface area contributed by atoms with Crippen LogP contribution in [0, 0.1) is 11.6 Å². The second-order valence-corrected chi connectivity index (χ2v) is 8.51. The average Bonchev–Trinajstić information content (AvgIpc) is 2.59. The highest BCUT2D eigenvalue weighted by molar-refractivity contribution is 7.92. The van der Waals surface area contributed by atoms with Gasteiger partial charge in [0.25, 0.3) is 0 Å². The van der Waals surface area contributed by atoms with Gasteiger partial charge in [0, 0.05) is 44.3 Å². The number of carbonyl (C=O) groups is 1. The molecule has 1 aromatic rings. The second kappa shape index (κ2) is 6.82. The van der Waals surface area contributed by atoms with Gasteiger partial charge in [-0.1, -0.05) is 0 Å². The van der Waals surface area contributed by atoms with E-state index in [0.29, 0.717) is 31.7 Å². The average molecular weight is 345 g/mol. The number of carbonyl (C=O) groups excluding carboxylic acids is 1. The van der Waals surface area contributed by atoms with E-state index in [1.165, 1.54) is 24.6 Å². The minimum atomic E-state index is -2.52. The summed E-state index contributed by atoms with van der Waals surface area (Å²) in [5.41, 5.74) is 0.319.